The minimum atomic E-state index is -0.318. The Morgan fingerprint density at radius 1 is 0.958 bits per heavy atom. The van der Waals surface area contributed by atoms with Crippen LogP contribution in [-0.2, 0) is 0 Å². The third kappa shape index (κ3) is 3.55. The first-order chi connectivity index (χ1) is 11.5. The second-order valence-corrected chi connectivity index (χ2v) is 6.75. The lowest BCUT2D eigenvalue weighted by atomic mass is 10.2. The number of furan rings is 1. The lowest BCUT2D eigenvalue weighted by Crippen LogP contribution is -2.13. The molecule has 0 aliphatic heterocycles. The van der Waals surface area contributed by atoms with Gasteiger partial charge < -0.3 is 15.1 Å². The van der Waals surface area contributed by atoms with E-state index in [0.717, 1.165) is 9.75 Å². The van der Waals surface area contributed by atoms with Gasteiger partial charge in [0.2, 0.25) is 0 Å². The Kier molecular flexibility index (Phi) is 4.48. The third-order valence-electron chi connectivity index (χ3n) is 3.43. The van der Waals surface area contributed by atoms with Gasteiger partial charge >= 0.3 is 0 Å². The molecule has 2 heterocycles. The van der Waals surface area contributed by atoms with Gasteiger partial charge in [0, 0.05) is 21.1 Å². The van der Waals surface area contributed by atoms with Gasteiger partial charge in [0.25, 0.3) is 11.8 Å². The van der Waals surface area contributed by atoms with Crippen LogP contribution in [0.15, 0.2) is 53.1 Å². The number of aryl methyl sites for hydroxylation is 2. The van der Waals surface area contributed by atoms with Crippen molar-refractivity contribution in [3.05, 3.63) is 69.8 Å². The summed E-state index contributed by atoms with van der Waals surface area (Å²) in [6, 6.07) is 12.1. The molecule has 5 nitrogen and oxygen atoms in total. The smallest absolute Gasteiger partial charge is 0.291 e. The van der Waals surface area contributed by atoms with Crippen molar-refractivity contribution in [1.82, 2.24) is 0 Å². The van der Waals surface area contributed by atoms with E-state index in [2.05, 4.69) is 10.6 Å². The molecule has 0 saturated carbocycles. The van der Waals surface area contributed by atoms with Crippen molar-refractivity contribution in [1.29, 1.82) is 0 Å². The number of hydrogen-bond donors (Lipinski definition) is 2. The van der Waals surface area contributed by atoms with Crippen molar-refractivity contribution >= 4 is 34.5 Å². The van der Waals surface area contributed by atoms with E-state index in [0.29, 0.717) is 16.9 Å². The van der Waals surface area contributed by atoms with Crippen LogP contribution in [-0.4, -0.2) is 11.8 Å². The van der Waals surface area contributed by atoms with Gasteiger partial charge in [0.15, 0.2) is 5.76 Å². The van der Waals surface area contributed by atoms with Crippen molar-refractivity contribution in [3.63, 3.8) is 0 Å². The van der Waals surface area contributed by atoms with Crippen LogP contribution in [0.2, 0.25) is 0 Å². The minimum Gasteiger partial charge on any atom is -0.459 e. The van der Waals surface area contributed by atoms with E-state index in [1.54, 1.807) is 47.7 Å². The third-order valence-corrected chi connectivity index (χ3v) is 4.40. The van der Waals surface area contributed by atoms with E-state index in [-0.39, 0.29) is 17.6 Å². The van der Waals surface area contributed by atoms with Gasteiger partial charge in [-0.25, -0.2) is 0 Å². The van der Waals surface area contributed by atoms with Gasteiger partial charge in [0.05, 0.1) is 11.8 Å². The highest BCUT2D eigenvalue weighted by molar-refractivity contribution is 7.12. The minimum absolute atomic E-state index is 0.135. The van der Waals surface area contributed by atoms with E-state index in [4.69, 9.17) is 4.42 Å². The summed E-state index contributed by atoms with van der Waals surface area (Å²) in [6.45, 7) is 3.91. The predicted octanol–water partition coefficient (Wildman–Crippen LogP) is 4.46. The van der Waals surface area contributed by atoms with E-state index in [1.165, 1.54) is 6.26 Å². The first kappa shape index (κ1) is 16.0. The summed E-state index contributed by atoms with van der Waals surface area (Å²) < 4.78 is 5.04. The highest BCUT2D eigenvalue weighted by Crippen LogP contribution is 2.22. The molecule has 0 fully saturated rings. The zero-order valence-electron chi connectivity index (χ0n) is 13.3. The number of benzene rings is 1. The molecule has 0 radical (unpaired) electrons. The molecule has 3 aromatic rings. The number of thiophene rings is 1. The van der Waals surface area contributed by atoms with Crippen molar-refractivity contribution in [3.8, 4) is 0 Å². The van der Waals surface area contributed by atoms with Gasteiger partial charge in [-0.05, 0) is 56.3 Å². The van der Waals surface area contributed by atoms with E-state index < -0.39 is 0 Å². The zero-order valence-corrected chi connectivity index (χ0v) is 14.1. The molecule has 3 rings (SSSR count). The first-order valence-electron chi connectivity index (χ1n) is 7.36. The largest absolute Gasteiger partial charge is 0.459 e. The molecule has 0 saturated heterocycles. The maximum atomic E-state index is 12.3. The van der Waals surface area contributed by atoms with Crippen LogP contribution < -0.4 is 10.6 Å². The zero-order chi connectivity index (χ0) is 17.1. The average molecular weight is 340 g/mol. The molecular formula is C18H16N2O3S. The highest BCUT2D eigenvalue weighted by atomic mass is 32.1. The highest BCUT2D eigenvalue weighted by Gasteiger charge is 2.12. The number of hydrogen-bond acceptors (Lipinski definition) is 4. The Hall–Kier alpha value is -2.86. The maximum Gasteiger partial charge on any atom is 0.291 e. The maximum absolute atomic E-state index is 12.3. The quantitative estimate of drug-likeness (QED) is 0.736. The molecule has 122 valence electrons. The molecule has 1 aromatic carbocycles. The Balaban J connectivity index is 1.65. The average Bonchev–Trinajstić information content (AvgIpc) is 3.19. The molecule has 24 heavy (non-hydrogen) atoms. The van der Waals surface area contributed by atoms with Gasteiger partial charge in [-0.1, -0.05) is 0 Å². The second-order valence-electron chi connectivity index (χ2n) is 5.29. The van der Waals surface area contributed by atoms with E-state index >= 15 is 0 Å². The number of carbonyl (C=O) groups is 2. The topological polar surface area (TPSA) is 71.3 Å². The number of rotatable bonds is 4. The van der Waals surface area contributed by atoms with Crippen LogP contribution in [0.3, 0.4) is 0 Å². The molecule has 2 amide bonds. The normalized spacial score (nSPS) is 10.4. The molecule has 0 aliphatic rings. The predicted molar refractivity (Wildman–Crippen MR) is 94.8 cm³/mol. The Labute approximate surface area is 143 Å². The number of nitrogens with one attached hydrogen (secondary N) is 2. The van der Waals surface area contributed by atoms with Crippen LogP contribution in [0.4, 0.5) is 11.4 Å². The van der Waals surface area contributed by atoms with Crippen LogP contribution >= 0.6 is 11.3 Å². The Bertz CT molecular complexity index is 864. The summed E-state index contributed by atoms with van der Waals surface area (Å²) in [4.78, 5) is 26.3. The Morgan fingerprint density at radius 2 is 1.58 bits per heavy atom. The second kappa shape index (κ2) is 6.72. The summed E-state index contributed by atoms with van der Waals surface area (Å²) in [5.41, 5.74) is 1.98. The monoisotopic (exact) mass is 340 g/mol. The lowest BCUT2D eigenvalue weighted by Gasteiger charge is -2.07. The fourth-order valence-electron chi connectivity index (χ4n) is 2.29. The number of amides is 2. The van der Waals surface area contributed by atoms with Gasteiger partial charge in [-0.3, -0.25) is 9.59 Å². The number of anilines is 2. The molecule has 0 atom stereocenters. The summed E-state index contributed by atoms with van der Waals surface area (Å²) in [6.07, 6.45) is 1.45. The molecule has 0 aliphatic carbocycles. The summed E-state index contributed by atoms with van der Waals surface area (Å²) >= 11 is 1.60. The van der Waals surface area contributed by atoms with Crippen molar-refractivity contribution in [2.45, 2.75) is 13.8 Å². The fourth-order valence-corrected chi connectivity index (χ4v) is 3.21. The van der Waals surface area contributed by atoms with E-state index in [9.17, 15) is 9.59 Å². The van der Waals surface area contributed by atoms with Crippen LogP contribution in [0.1, 0.15) is 30.7 Å². The molecule has 0 bridgehead atoms. The van der Waals surface area contributed by atoms with Crippen molar-refractivity contribution in [2.75, 3.05) is 10.6 Å². The lowest BCUT2D eigenvalue weighted by molar-refractivity contribution is 0.0994. The van der Waals surface area contributed by atoms with Crippen LogP contribution in [0.5, 0.6) is 0 Å². The van der Waals surface area contributed by atoms with E-state index in [1.807, 2.05) is 19.9 Å². The van der Waals surface area contributed by atoms with Gasteiger partial charge in [-0.2, -0.15) is 0 Å². The molecule has 6 heteroatoms. The van der Waals surface area contributed by atoms with Crippen LogP contribution in [0, 0.1) is 13.8 Å². The standard InChI is InChI=1S/C18H16N2O3S/c1-11-10-15(12(2)24-11)17(21)19-13-5-7-14(8-6-13)20-18(22)16-4-3-9-23-16/h3-10H,1-2H3,(H,19,21)(H,20,22). The summed E-state index contributed by atoms with van der Waals surface area (Å²) in [5, 5.41) is 5.58. The SMILES string of the molecule is Cc1cc(C(=O)Nc2ccc(NC(=O)c3ccco3)cc2)c(C)s1. The summed E-state index contributed by atoms with van der Waals surface area (Å²) in [7, 11) is 0. The number of carbonyl (C=O) groups excluding carboxylic acids is 2. The van der Waals surface area contributed by atoms with Crippen molar-refractivity contribution in [2.24, 2.45) is 0 Å². The van der Waals surface area contributed by atoms with Gasteiger partial charge in [0.1, 0.15) is 0 Å². The molecule has 0 unspecified atom stereocenters. The van der Waals surface area contributed by atoms with Crippen molar-refractivity contribution < 1.29 is 14.0 Å². The van der Waals surface area contributed by atoms with Crippen LogP contribution in [0.25, 0.3) is 0 Å². The molecular weight excluding hydrogens is 324 g/mol. The Morgan fingerprint density at radius 3 is 2.08 bits per heavy atom. The molecule has 0 spiro atoms. The summed E-state index contributed by atoms with van der Waals surface area (Å²) in [5.74, 6) is -0.207. The molecule has 2 N–H and O–H groups in total. The van der Waals surface area contributed by atoms with Gasteiger partial charge in [-0.15, -0.1) is 11.3 Å². The first-order valence-corrected chi connectivity index (χ1v) is 8.18. The fraction of sp³-hybridized carbons (Fsp3) is 0.111. The molecule has 2 aromatic heterocycles.